The molecule has 0 amide bonds. The number of rotatable bonds is 5. The minimum atomic E-state index is -0.607. The van der Waals surface area contributed by atoms with E-state index in [0.717, 1.165) is 31.2 Å². The van der Waals surface area contributed by atoms with Crippen molar-refractivity contribution in [2.45, 2.75) is 66.7 Å². The molecule has 2 aliphatic rings. The number of esters is 1. The molecule has 32 heavy (non-hydrogen) atoms. The van der Waals surface area contributed by atoms with E-state index in [0.29, 0.717) is 17.7 Å². The summed E-state index contributed by atoms with van der Waals surface area (Å²) in [5, 5.41) is 0. The molecule has 0 aromatic heterocycles. The van der Waals surface area contributed by atoms with Crippen LogP contribution in [0, 0.1) is 16.2 Å². The van der Waals surface area contributed by atoms with Gasteiger partial charge in [0.2, 0.25) is 0 Å². The van der Waals surface area contributed by atoms with Crippen LogP contribution in [0.4, 0.5) is 0 Å². The summed E-state index contributed by atoms with van der Waals surface area (Å²) in [5.41, 5.74) is 4.28. The van der Waals surface area contributed by atoms with Gasteiger partial charge in [-0.1, -0.05) is 69.2 Å². The van der Waals surface area contributed by atoms with Gasteiger partial charge in [-0.3, -0.25) is 9.59 Å². The fourth-order valence-corrected chi connectivity index (χ4v) is 5.48. The smallest absolute Gasteiger partial charge is 0.318 e. The lowest BCUT2D eigenvalue weighted by atomic mass is 9.64. The Morgan fingerprint density at radius 2 is 1.34 bits per heavy atom. The van der Waals surface area contributed by atoms with Crippen LogP contribution in [0.15, 0.2) is 65.7 Å². The van der Waals surface area contributed by atoms with E-state index in [2.05, 4.69) is 39.8 Å². The molecular formula is C29H34O3. The van der Waals surface area contributed by atoms with Crippen molar-refractivity contribution in [1.29, 1.82) is 0 Å². The lowest BCUT2D eigenvalue weighted by molar-refractivity contribution is -0.145. The van der Waals surface area contributed by atoms with Crippen LogP contribution in [0.25, 0.3) is 0 Å². The highest BCUT2D eigenvalue weighted by molar-refractivity contribution is 5.94. The predicted molar refractivity (Wildman–Crippen MR) is 128 cm³/mol. The van der Waals surface area contributed by atoms with E-state index in [1.165, 1.54) is 18.1 Å². The molecule has 0 unspecified atom stereocenters. The largest absolute Gasteiger partial charge is 0.426 e. The summed E-state index contributed by atoms with van der Waals surface area (Å²) in [6.07, 6.45) is 4.44. The molecule has 3 heteroatoms. The zero-order valence-corrected chi connectivity index (χ0v) is 20.0. The van der Waals surface area contributed by atoms with Crippen molar-refractivity contribution >= 4 is 11.8 Å². The van der Waals surface area contributed by atoms with Crippen LogP contribution in [0.1, 0.15) is 76.2 Å². The summed E-state index contributed by atoms with van der Waals surface area (Å²) in [6, 6.07) is 17.2. The van der Waals surface area contributed by atoms with Gasteiger partial charge in [0.15, 0.2) is 5.78 Å². The number of ether oxygens (including phenoxy) is 1. The minimum Gasteiger partial charge on any atom is -0.426 e. The van der Waals surface area contributed by atoms with E-state index in [-0.39, 0.29) is 22.6 Å². The summed E-state index contributed by atoms with van der Waals surface area (Å²) in [5.74, 6) is 0.328. The third-order valence-electron chi connectivity index (χ3n) is 7.69. The Bertz CT molecular complexity index is 1030. The van der Waals surface area contributed by atoms with Crippen molar-refractivity contribution in [3.05, 3.63) is 76.9 Å². The fraction of sp³-hybridized carbons (Fsp3) is 0.448. The molecule has 0 bridgehead atoms. The number of hydrogen-bond acceptors (Lipinski definition) is 3. The van der Waals surface area contributed by atoms with Crippen molar-refractivity contribution < 1.29 is 14.3 Å². The van der Waals surface area contributed by atoms with E-state index in [4.69, 9.17) is 4.74 Å². The first-order valence-electron chi connectivity index (χ1n) is 11.6. The van der Waals surface area contributed by atoms with Crippen molar-refractivity contribution in [3.8, 4) is 5.75 Å². The third-order valence-corrected chi connectivity index (χ3v) is 7.69. The Kier molecular flexibility index (Phi) is 5.65. The molecule has 2 aliphatic carbocycles. The molecule has 3 nitrogen and oxygen atoms in total. The molecule has 168 valence electrons. The van der Waals surface area contributed by atoms with Gasteiger partial charge in [0, 0.05) is 5.56 Å². The van der Waals surface area contributed by atoms with Crippen molar-refractivity contribution in [1.82, 2.24) is 0 Å². The van der Waals surface area contributed by atoms with E-state index in [1.54, 1.807) is 24.3 Å². The molecule has 0 spiro atoms. The normalized spacial score (nSPS) is 20.5. The van der Waals surface area contributed by atoms with Gasteiger partial charge in [0.1, 0.15) is 5.75 Å². The van der Waals surface area contributed by atoms with E-state index < -0.39 is 5.41 Å². The van der Waals surface area contributed by atoms with Crippen molar-refractivity contribution in [3.63, 3.8) is 0 Å². The molecule has 0 fully saturated rings. The highest BCUT2D eigenvalue weighted by Gasteiger charge is 2.53. The summed E-state index contributed by atoms with van der Waals surface area (Å²) < 4.78 is 5.97. The summed E-state index contributed by atoms with van der Waals surface area (Å²) in [4.78, 5) is 25.4. The van der Waals surface area contributed by atoms with Crippen molar-refractivity contribution in [2.75, 3.05) is 0 Å². The third kappa shape index (κ3) is 4.18. The fourth-order valence-electron chi connectivity index (χ4n) is 5.48. The van der Waals surface area contributed by atoms with Crippen LogP contribution >= 0.6 is 0 Å². The Labute approximate surface area is 191 Å². The molecule has 2 aromatic rings. The average Bonchev–Trinajstić information content (AvgIpc) is 3.16. The van der Waals surface area contributed by atoms with Crippen LogP contribution in [0.5, 0.6) is 5.75 Å². The molecule has 0 atom stereocenters. The van der Waals surface area contributed by atoms with Crippen LogP contribution in [-0.4, -0.2) is 11.8 Å². The lowest BCUT2D eigenvalue weighted by Gasteiger charge is -2.41. The van der Waals surface area contributed by atoms with E-state index in [1.807, 2.05) is 18.2 Å². The predicted octanol–water partition coefficient (Wildman–Crippen LogP) is 6.96. The molecule has 0 heterocycles. The first-order chi connectivity index (χ1) is 15.0. The maximum Gasteiger partial charge on any atom is 0.318 e. The van der Waals surface area contributed by atoms with Gasteiger partial charge >= 0.3 is 5.97 Å². The first kappa shape index (κ1) is 22.5. The second-order valence-electron chi connectivity index (χ2n) is 11.0. The lowest BCUT2D eigenvalue weighted by Crippen LogP contribution is -2.36. The highest BCUT2D eigenvalue weighted by atomic mass is 16.5. The number of ketones is 1. The number of Topliss-reactive ketones (excluding diaryl/α,β-unsaturated/α-hetero) is 1. The Morgan fingerprint density at radius 1 is 0.812 bits per heavy atom. The number of carbonyl (C=O) groups is 2. The van der Waals surface area contributed by atoms with Crippen LogP contribution < -0.4 is 4.74 Å². The van der Waals surface area contributed by atoms with Gasteiger partial charge in [-0.25, -0.2) is 0 Å². The van der Waals surface area contributed by atoms with Crippen molar-refractivity contribution in [2.24, 2.45) is 16.2 Å². The summed E-state index contributed by atoms with van der Waals surface area (Å²) >= 11 is 0. The monoisotopic (exact) mass is 430 g/mol. The Morgan fingerprint density at radius 3 is 1.84 bits per heavy atom. The summed E-state index contributed by atoms with van der Waals surface area (Å²) in [6.45, 7) is 10.8. The molecule has 0 aliphatic heterocycles. The second-order valence-corrected chi connectivity index (χ2v) is 11.0. The molecule has 4 rings (SSSR count). The van der Waals surface area contributed by atoms with Gasteiger partial charge in [-0.15, -0.1) is 0 Å². The quantitative estimate of drug-likeness (QED) is 0.223. The topological polar surface area (TPSA) is 43.4 Å². The van der Waals surface area contributed by atoms with Gasteiger partial charge in [0.25, 0.3) is 0 Å². The molecule has 2 aromatic carbocycles. The number of carbonyl (C=O) groups excluding carboxylic acids is 2. The van der Waals surface area contributed by atoms with E-state index >= 15 is 0 Å². The molecule has 0 saturated carbocycles. The standard InChI is InChI=1S/C29H34O3/c1-20(30)22-11-13-23(14-12-22)32-26(31)29(17-21-9-7-6-8-10-21)18-24-25(19-29)28(4,5)16-15-27(24,2)3/h6-14H,15-19H2,1-5H3. The molecule has 0 saturated heterocycles. The SMILES string of the molecule is CC(=O)c1ccc(OC(=O)C2(Cc3ccccc3)CC3=C(C2)C(C)(C)CCC3(C)C)cc1. The van der Waals surface area contributed by atoms with Gasteiger partial charge in [0.05, 0.1) is 5.41 Å². The zero-order valence-electron chi connectivity index (χ0n) is 20.0. The van der Waals surface area contributed by atoms with Crippen LogP contribution in [0.2, 0.25) is 0 Å². The Balaban J connectivity index is 1.68. The molecule has 0 N–H and O–H groups in total. The zero-order chi connectivity index (χ0) is 23.1. The van der Waals surface area contributed by atoms with Gasteiger partial charge in [-0.05, 0) is 79.7 Å². The molecular weight excluding hydrogens is 396 g/mol. The van der Waals surface area contributed by atoms with Gasteiger partial charge in [-0.2, -0.15) is 0 Å². The highest BCUT2D eigenvalue weighted by Crippen LogP contribution is 2.60. The number of allylic oxidation sites excluding steroid dienone is 2. The van der Waals surface area contributed by atoms with E-state index in [9.17, 15) is 9.59 Å². The average molecular weight is 431 g/mol. The Hall–Kier alpha value is -2.68. The van der Waals surface area contributed by atoms with Crippen LogP contribution in [0.3, 0.4) is 0 Å². The maximum atomic E-state index is 13.8. The maximum absolute atomic E-state index is 13.8. The summed E-state index contributed by atoms with van der Waals surface area (Å²) in [7, 11) is 0. The minimum absolute atomic E-state index is 0.000514. The number of hydrogen-bond donors (Lipinski definition) is 0. The molecule has 0 radical (unpaired) electrons. The first-order valence-corrected chi connectivity index (χ1v) is 11.6. The second kappa shape index (κ2) is 8.03. The van der Waals surface area contributed by atoms with Gasteiger partial charge < -0.3 is 4.74 Å². The number of benzene rings is 2. The van der Waals surface area contributed by atoms with Crippen LogP contribution in [-0.2, 0) is 11.2 Å².